The summed E-state index contributed by atoms with van der Waals surface area (Å²) < 4.78 is 0. The summed E-state index contributed by atoms with van der Waals surface area (Å²) in [5, 5.41) is 0. The number of thiazole rings is 1. The van der Waals surface area contributed by atoms with Crippen molar-refractivity contribution >= 4 is 17.2 Å². The topological polar surface area (TPSA) is 59.2 Å². The molecule has 0 aromatic carbocycles. The molecule has 0 spiro atoms. The van der Waals surface area contributed by atoms with Gasteiger partial charge in [0.05, 0.1) is 24.3 Å². The zero-order chi connectivity index (χ0) is 9.84. The van der Waals surface area contributed by atoms with Crippen molar-refractivity contribution in [3.8, 4) is 0 Å². The molecule has 5 heteroatoms. The molecular weight excluding hydrogens is 186 g/mol. The van der Waals surface area contributed by atoms with Crippen LogP contribution in [-0.2, 0) is 11.3 Å². The first kappa shape index (κ1) is 10.1. The molecule has 0 aliphatic carbocycles. The molecule has 1 heterocycles. The van der Waals surface area contributed by atoms with E-state index in [0.717, 1.165) is 10.6 Å². The number of carbonyl (C=O) groups is 1. The van der Waals surface area contributed by atoms with Crippen LogP contribution in [0, 0.1) is 6.92 Å². The number of likely N-dealkylation sites (N-methyl/N-ethyl adjacent to an activating group) is 1. The average Bonchev–Trinajstić information content (AvgIpc) is 2.50. The lowest BCUT2D eigenvalue weighted by Gasteiger charge is -2.14. The number of aryl methyl sites for hydroxylation is 1. The molecule has 1 rings (SSSR count). The predicted octanol–water partition coefficient (Wildman–Crippen LogP) is 0.369. The van der Waals surface area contributed by atoms with Gasteiger partial charge in [0.25, 0.3) is 0 Å². The van der Waals surface area contributed by atoms with Crippen LogP contribution < -0.4 is 5.73 Å². The molecule has 72 valence electrons. The van der Waals surface area contributed by atoms with Crippen LogP contribution in [0.4, 0.5) is 0 Å². The van der Waals surface area contributed by atoms with Crippen LogP contribution in [0.1, 0.15) is 10.6 Å². The van der Waals surface area contributed by atoms with Gasteiger partial charge in [-0.2, -0.15) is 0 Å². The van der Waals surface area contributed by atoms with Crippen LogP contribution in [0.15, 0.2) is 5.51 Å². The fourth-order valence-electron chi connectivity index (χ4n) is 0.937. The Labute approximate surface area is 81.4 Å². The summed E-state index contributed by atoms with van der Waals surface area (Å²) in [6, 6.07) is 0. The number of nitrogens with zero attached hydrogens (tertiary/aromatic N) is 2. The Balaban J connectivity index is 2.59. The third kappa shape index (κ3) is 2.50. The van der Waals surface area contributed by atoms with Gasteiger partial charge in [-0.05, 0) is 6.92 Å². The second-order valence-corrected chi connectivity index (χ2v) is 3.75. The van der Waals surface area contributed by atoms with Gasteiger partial charge in [-0.3, -0.25) is 4.79 Å². The average molecular weight is 199 g/mol. The third-order valence-corrected chi connectivity index (χ3v) is 2.75. The number of hydrogen-bond donors (Lipinski definition) is 1. The highest BCUT2D eigenvalue weighted by molar-refractivity contribution is 7.09. The number of carbonyl (C=O) groups excluding carboxylic acids is 1. The van der Waals surface area contributed by atoms with Crippen molar-refractivity contribution < 1.29 is 4.79 Å². The maximum absolute atomic E-state index is 11.1. The van der Waals surface area contributed by atoms with Crippen LogP contribution in [0.3, 0.4) is 0 Å². The Morgan fingerprint density at radius 1 is 1.77 bits per heavy atom. The summed E-state index contributed by atoms with van der Waals surface area (Å²) in [5.74, 6) is -0.0483. The quantitative estimate of drug-likeness (QED) is 0.765. The number of amides is 1. The molecule has 4 nitrogen and oxygen atoms in total. The van der Waals surface area contributed by atoms with Crippen molar-refractivity contribution in [3.63, 3.8) is 0 Å². The second-order valence-electron chi connectivity index (χ2n) is 2.81. The van der Waals surface area contributed by atoms with E-state index in [-0.39, 0.29) is 12.5 Å². The standard InChI is InChI=1S/C8H13N3OS/c1-6-7(13-5-10-6)4-11(2)8(12)3-9/h5H,3-4,9H2,1-2H3. The van der Waals surface area contributed by atoms with Gasteiger partial charge in [-0.15, -0.1) is 11.3 Å². The Morgan fingerprint density at radius 3 is 2.92 bits per heavy atom. The molecule has 0 fully saturated rings. The van der Waals surface area contributed by atoms with Crippen LogP contribution >= 0.6 is 11.3 Å². The molecule has 0 bridgehead atoms. The third-order valence-electron chi connectivity index (χ3n) is 1.83. The zero-order valence-corrected chi connectivity index (χ0v) is 8.60. The van der Waals surface area contributed by atoms with E-state index in [1.165, 1.54) is 0 Å². The van der Waals surface area contributed by atoms with E-state index in [1.807, 2.05) is 6.92 Å². The highest BCUT2D eigenvalue weighted by Crippen LogP contribution is 2.13. The summed E-state index contributed by atoms with van der Waals surface area (Å²) >= 11 is 1.56. The molecule has 2 N–H and O–H groups in total. The summed E-state index contributed by atoms with van der Waals surface area (Å²) in [6.07, 6.45) is 0. The molecule has 0 unspecified atom stereocenters. The van der Waals surface area contributed by atoms with Gasteiger partial charge in [-0.1, -0.05) is 0 Å². The van der Waals surface area contributed by atoms with Gasteiger partial charge in [0.2, 0.25) is 5.91 Å². The molecule has 1 aromatic heterocycles. The van der Waals surface area contributed by atoms with E-state index in [4.69, 9.17) is 5.73 Å². The van der Waals surface area contributed by atoms with Crippen molar-refractivity contribution in [2.24, 2.45) is 5.73 Å². The number of nitrogens with two attached hydrogens (primary N) is 1. The van der Waals surface area contributed by atoms with Crippen molar-refractivity contribution in [3.05, 3.63) is 16.1 Å². The Morgan fingerprint density at radius 2 is 2.46 bits per heavy atom. The Kier molecular flexibility index (Phi) is 3.39. The molecule has 13 heavy (non-hydrogen) atoms. The van der Waals surface area contributed by atoms with Crippen molar-refractivity contribution in [2.75, 3.05) is 13.6 Å². The molecule has 0 aliphatic rings. The van der Waals surface area contributed by atoms with E-state index in [9.17, 15) is 4.79 Å². The Hall–Kier alpha value is -0.940. The van der Waals surface area contributed by atoms with E-state index in [0.29, 0.717) is 6.54 Å². The van der Waals surface area contributed by atoms with Gasteiger partial charge < -0.3 is 10.6 Å². The van der Waals surface area contributed by atoms with Crippen molar-refractivity contribution in [1.29, 1.82) is 0 Å². The molecule has 0 atom stereocenters. The maximum atomic E-state index is 11.1. The van der Waals surface area contributed by atoms with E-state index < -0.39 is 0 Å². The summed E-state index contributed by atoms with van der Waals surface area (Å²) in [6.45, 7) is 2.60. The molecule has 0 saturated heterocycles. The molecule has 0 saturated carbocycles. The van der Waals surface area contributed by atoms with Gasteiger partial charge in [0, 0.05) is 11.9 Å². The van der Waals surface area contributed by atoms with E-state index >= 15 is 0 Å². The lowest BCUT2D eigenvalue weighted by molar-refractivity contribution is -0.128. The van der Waals surface area contributed by atoms with Crippen molar-refractivity contribution in [2.45, 2.75) is 13.5 Å². The number of rotatable bonds is 3. The monoisotopic (exact) mass is 199 g/mol. The minimum absolute atomic E-state index is 0.0483. The molecule has 0 radical (unpaired) electrons. The highest BCUT2D eigenvalue weighted by Gasteiger charge is 2.09. The SMILES string of the molecule is Cc1ncsc1CN(C)C(=O)CN. The normalized spacial score (nSPS) is 10.1. The first-order chi connectivity index (χ1) is 6.15. The minimum atomic E-state index is -0.0483. The zero-order valence-electron chi connectivity index (χ0n) is 7.78. The molecule has 0 aliphatic heterocycles. The largest absolute Gasteiger partial charge is 0.339 e. The predicted molar refractivity (Wildman–Crippen MR) is 52.4 cm³/mol. The van der Waals surface area contributed by atoms with Gasteiger partial charge in [0.1, 0.15) is 0 Å². The summed E-state index contributed by atoms with van der Waals surface area (Å²) in [7, 11) is 1.74. The van der Waals surface area contributed by atoms with Crippen LogP contribution in [0.5, 0.6) is 0 Å². The second kappa shape index (κ2) is 4.34. The number of aromatic nitrogens is 1. The van der Waals surface area contributed by atoms with Gasteiger partial charge >= 0.3 is 0 Å². The maximum Gasteiger partial charge on any atom is 0.236 e. The molecular formula is C8H13N3OS. The lowest BCUT2D eigenvalue weighted by atomic mass is 10.3. The summed E-state index contributed by atoms with van der Waals surface area (Å²) in [5.41, 5.74) is 8.01. The fraction of sp³-hybridized carbons (Fsp3) is 0.500. The Bertz CT molecular complexity index is 297. The van der Waals surface area contributed by atoms with Crippen molar-refractivity contribution in [1.82, 2.24) is 9.88 Å². The molecule has 1 aromatic rings. The van der Waals surface area contributed by atoms with Crippen LogP contribution in [-0.4, -0.2) is 29.4 Å². The van der Waals surface area contributed by atoms with Gasteiger partial charge in [-0.25, -0.2) is 4.98 Å². The van der Waals surface area contributed by atoms with Crippen LogP contribution in [0.25, 0.3) is 0 Å². The van der Waals surface area contributed by atoms with Crippen LogP contribution in [0.2, 0.25) is 0 Å². The van der Waals surface area contributed by atoms with E-state index in [1.54, 1.807) is 28.8 Å². The summed E-state index contributed by atoms with van der Waals surface area (Å²) in [4.78, 5) is 18.0. The highest BCUT2D eigenvalue weighted by atomic mass is 32.1. The van der Waals surface area contributed by atoms with E-state index in [2.05, 4.69) is 4.98 Å². The minimum Gasteiger partial charge on any atom is -0.339 e. The number of hydrogen-bond acceptors (Lipinski definition) is 4. The lowest BCUT2D eigenvalue weighted by Crippen LogP contribution is -2.32. The first-order valence-corrected chi connectivity index (χ1v) is 4.86. The fourth-order valence-corrected chi connectivity index (χ4v) is 1.77. The molecule has 1 amide bonds. The first-order valence-electron chi connectivity index (χ1n) is 3.98. The van der Waals surface area contributed by atoms with Gasteiger partial charge in [0.15, 0.2) is 0 Å². The smallest absolute Gasteiger partial charge is 0.236 e.